The highest BCUT2D eigenvalue weighted by Gasteiger charge is 2.16. The number of carbonyl (C=O) groups is 3. The Morgan fingerprint density at radius 1 is 1.07 bits per heavy atom. The van der Waals surface area contributed by atoms with Gasteiger partial charge in [-0.05, 0) is 42.8 Å². The monoisotopic (exact) mass is 392 g/mol. The van der Waals surface area contributed by atoms with Gasteiger partial charge in [-0.3, -0.25) is 14.4 Å². The molecular formula is C22H24N4O3. The number of anilines is 1. The summed E-state index contributed by atoms with van der Waals surface area (Å²) in [5.74, 6) is -0.735. The third-order valence-corrected chi connectivity index (χ3v) is 4.81. The van der Waals surface area contributed by atoms with Crippen molar-refractivity contribution in [2.24, 2.45) is 5.73 Å². The van der Waals surface area contributed by atoms with Crippen molar-refractivity contribution in [2.75, 3.05) is 18.4 Å². The lowest BCUT2D eigenvalue weighted by Gasteiger charge is -2.20. The normalized spacial score (nSPS) is 10.7. The number of hydrogen-bond donors (Lipinski definition) is 3. The number of carbonyl (C=O) groups excluding carboxylic acids is 3. The second-order valence-corrected chi connectivity index (χ2v) is 6.75. The molecular weight excluding hydrogens is 368 g/mol. The van der Waals surface area contributed by atoms with Crippen LogP contribution in [0.25, 0.3) is 10.9 Å². The Morgan fingerprint density at radius 2 is 1.79 bits per heavy atom. The summed E-state index contributed by atoms with van der Waals surface area (Å²) < 4.78 is 0. The molecule has 29 heavy (non-hydrogen) atoms. The number of amides is 3. The van der Waals surface area contributed by atoms with Gasteiger partial charge >= 0.3 is 0 Å². The van der Waals surface area contributed by atoms with E-state index in [1.165, 1.54) is 0 Å². The predicted octanol–water partition coefficient (Wildman–Crippen LogP) is 2.69. The Morgan fingerprint density at radius 3 is 2.48 bits per heavy atom. The lowest BCUT2D eigenvalue weighted by Crippen LogP contribution is -2.34. The molecule has 0 bridgehead atoms. The van der Waals surface area contributed by atoms with E-state index in [0.29, 0.717) is 24.3 Å². The number of rotatable bonds is 8. The summed E-state index contributed by atoms with van der Waals surface area (Å²) in [6.07, 6.45) is 2.33. The van der Waals surface area contributed by atoms with Crippen LogP contribution in [0, 0.1) is 0 Å². The first kappa shape index (κ1) is 20.1. The fourth-order valence-corrected chi connectivity index (χ4v) is 3.19. The van der Waals surface area contributed by atoms with Crippen molar-refractivity contribution in [1.82, 2.24) is 9.88 Å². The molecule has 150 valence electrons. The van der Waals surface area contributed by atoms with Crippen molar-refractivity contribution < 1.29 is 14.4 Å². The second kappa shape index (κ2) is 9.05. The van der Waals surface area contributed by atoms with E-state index in [9.17, 15) is 14.4 Å². The Labute approximate surface area is 168 Å². The van der Waals surface area contributed by atoms with Gasteiger partial charge < -0.3 is 20.9 Å². The smallest absolute Gasteiger partial charge is 0.248 e. The number of benzene rings is 2. The number of nitrogens with two attached hydrogens (primary N) is 1. The zero-order valence-electron chi connectivity index (χ0n) is 16.3. The molecule has 0 saturated heterocycles. The van der Waals surface area contributed by atoms with Gasteiger partial charge in [-0.1, -0.05) is 18.2 Å². The molecule has 3 aromatic rings. The molecule has 0 radical (unpaired) electrons. The van der Waals surface area contributed by atoms with Crippen LogP contribution in [-0.2, 0) is 16.0 Å². The minimum atomic E-state index is -0.518. The van der Waals surface area contributed by atoms with Gasteiger partial charge in [0.25, 0.3) is 0 Å². The highest BCUT2D eigenvalue weighted by atomic mass is 16.2. The summed E-state index contributed by atoms with van der Waals surface area (Å²) in [5.41, 5.74) is 8.11. The molecule has 0 aliphatic rings. The van der Waals surface area contributed by atoms with Crippen molar-refractivity contribution in [3.05, 3.63) is 65.9 Å². The lowest BCUT2D eigenvalue weighted by atomic mass is 10.1. The van der Waals surface area contributed by atoms with Crippen molar-refractivity contribution in [3.63, 3.8) is 0 Å². The first-order valence-corrected chi connectivity index (χ1v) is 9.50. The quantitative estimate of drug-likeness (QED) is 0.548. The Bertz CT molecular complexity index is 1020. The average Bonchev–Trinajstić information content (AvgIpc) is 3.12. The number of fused-ring (bicyclic) bond motifs is 1. The van der Waals surface area contributed by atoms with E-state index in [1.807, 2.05) is 37.4 Å². The first-order chi connectivity index (χ1) is 14.0. The van der Waals surface area contributed by atoms with Gasteiger partial charge in [0, 0.05) is 47.9 Å². The zero-order chi connectivity index (χ0) is 20.8. The van der Waals surface area contributed by atoms with E-state index in [2.05, 4.69) is 10.3 Å². The number of para-hydroxylation sites is 1. The largest absolute Gasteiger partial charge is 0.366 e. The topological polar surface area (TPSA) is 108 Å². The van der Waals surface area contributed by atoms with Crippen LogP contribution in [-0.4, -0.2) is 40.7 Å². The molecule has 3 amide bonds. The fraction of sp³-hybridized carbons (Fsp3) is 0.227. The van der Waals surface area contributed by atoms with Crippen LogP contribution in [0.5, 0.6) is 0 Å². The standard InChI is InChI=1S/C22H24N4O3/c1-2-26(21(28)13-16-14-24-19-6-4-3-5-18(16)19)12-11-20(27)25-17-9-7-15(8-10-17)22(23)29/h3-10,14,24H,2,11-13H2,1H3,(H2,23,29)(H,25,27). The summed E-state index contributed by atoms with van der Waals surface area (Å²) in [6, 6.07) is 14.2. The number of aromatic nitrogens is 1. The van der Waals surface area contributed by atoms with Gasteiger partial charge in [0.15, 0.2) is 0 Å². The van der Waals surface area contributed by atoms with Crippen molar-refractivity contribution in [3.8, 4) is 0 Å². The Balaban J connectivity index is 1.54. The summed E-state index contributed by atoms with van der Waals surface area (Å²) in [4.78, 5) is 40.9. The molecule has 2 aromatic carbocycles. The number of nitrogens with one attached hydrogen (secondary N) is 2. The van der Waals surface area contributed by atoms with Crippen LogP contribution in [0.2, 0.25) is 0 Å². The highest BCUT2D eigenvalue weighted by molar-refractivity contribution is 5.95. The zero-order valence-corrected chi connectivity index (χ0v) is 16.3. The molecule has 3 rings (SSSR count). The summed E-state index contributed by atoms with van der Waals surface area (Å²) in [7, 11) is 0. The molecule has 0 spiro atoms. The minimum Gasteiger partial charge on any atom is -0.366 e. The Kier molecular flexibility index (Phi) is 6.29. The minimum absolute atomic E-state index is 0.0177. The number of H-pyrrole nitrogens is 1. The number of hydrogen-bond acceptors (Lipinski definition) is 3. The van der Waals surface area contributed by atoms with Crippen LogP contribution in [0.3, 0.4) is 0 Å². The van der Waals surface area contributed by atoms with Crippen molar-refractivity contribution in [1.29, 1.82) is 0 Å². The fourth-order valence-electron chi connectivity index (χ4n) is 3.19. The molecule has 1 heterocycles. The van der Waals surface area contributed by atoms with E-state index in [0.717, 1.165) is 16.5 Å². The van der Waals surface area contributed by atoms with E-state index in [1.54, 1.807) is 29.2 Å². The van der Waals surface area contributed by atoms with E-state index in [-0.39, 0.29) is 24.7 Å². The molecule has 4 N–H and O–H groups in total. The molecule has 0 atom stereocenters. The molecule has 0 saturated carbocycles. The van der Waals surface area contributed by atoms with Gasteiger partial charge in [0.05, 0.1) is 6.42 Å². The number of aromatic amines is 1. The first-order valence-electron chi connectivity index (χ1n) is 9.50. The summed E-state index contributed by atoms with van der Waals surface area (Å²) >= 11 is 0. The maximum atomic E-state index is 12.7. The van der Waals surface area contributed by atoms with Crippen molar-refractivity contribution in [2.45, 2.75) is 19.8 Å². The predicted molar refractivity (Wildman–Crippen MR) is 112 cm³/mol. The number of likely N-dealkylation sites (N-methyl/N-ethyl adjacent to an activating group) is 1. The third-order valence-electron chi connectivity index (χ3n) is 4.81. The summed E-state index contributed by atoms with van der Waals surface area (Å²) in [5, 5.41) is 3.80. The summed E-state index contributed by atoms with van der Waals surface area (Å²) in [6.45, 7) is 2.76. The van der Waals surface area contributed by atoms with Gasteiger partial charge in [-0.2, -0.15) is 0 Å². The molecule has 7 heteroatoms. The molecule has 0 fully saturated rings. The van der Waals surface area contributed by atoms with Crippen LogP contribution in [0.15, 0.2) is 54.7 Å². The maximum absolute atomic E-state index is 12.7. The van der Waals surface area contributed by atoms with E-state index < -0.39 is 5.91 Å². The van der Waals surface area contributed by atoms with Gasteiger partial charge in [-0.25, -0.2) is 0 Å². The molecule has 0 unspecified atom stereocenters. The maximum Gasteiger partial charge on any atom is 0.248 e. The molecule has 0 aliphatic heterocycles. The van der Waals surface area contributed by atoms with Gasteiger partial charge in [0.1, 0.15) is 0 Å². The molecule has 1 aromatic heterocycles. The SMILES string of the molecule is CCN(CCC(=O)Nc1ccc(C(N)=O)cc1)C(=O)Cc1c[nH]c2ccccc12. The second-order valence-electron chi connectivity index (χ2n) is 6.75. The molecule has 0 aliphatic carbocycles. The van der Waals surface area contributed by atoms with Crippen LogP contribution in [0.1, 0.15) is 29.3 Å². The third kappa shape index (κ3) is 5.01. The van der Waals surface area contributed by atoms with E-state index in [4.69, 9.17) is 5.73 Å². The lowest BCUT2D eigenvalue weighted by molar-refractivity contribution is -0.130. The Hall–Kier alpha value is -3.61. The molecule has 7 nitrogen and oxygen atoms in total. The number of nitrogens with zero attached hydrogens (tertiary/aromatic N) is 1. The van der Waals surface area contributed by atoms with Crippen LogP contribution < -0.4 is 11.1 Å². The number of primary amides is 1. The van der Waals surface area contributed by atoms with Gasteiger partial charge in [-0.15, -0.1) is 0 Å². The van der Waals surface area contributed by atoms with Crippen LogP contribution in [0.4, 0.5) is 5.69 Å². The highest BCUT2D eigenvalue weighted by Crippen LogP contribution is 2.19. The average molecular weight is 392 g/mol. The van der Waals surface area contributed by atoms with Crippen molar-refractivity contribution >= 4 is 34.3 Å². The van der Waals surface area contributed by atoms with E-state index >= 15 is 0 Å². The van der Waals surface area contributed by atoms with Crippen LogP contribution >= 0.6 is 0 Å². The van der Waals surface area contributed by atoms with Gasteiger partial charge in [0.2, 0.25) is 17.7 Å².